The lowest BCUT2D eigenvalue weighted by molar-refractivity contribution is 0.578. The fourth-order valence-corrected chi connectivity index (χ4v) is 2.39. The van der Waals surface area contributed by atoms with Crippen LogP contribution in [0, 0.1) is 0 Å². The molecule has 1 aliphatic heterocycles. The Morgan fingerprint density at radius 1 is 1.06 bits per heavy atom. The number of benzene rings is 1. The average molecular weight is 232 g/mol. The summed E-state index contributed by atoms with van der Waals surface area (Å²) in [4.78, 5) is 2.51. The summed E-state index contributed by atoms with van der Waals surface area (Å²) in [6.45, 7) is 6.76. The van der Waals surface area contributed by atoms with E-state index in [2.05, 4.69) is 41.4 Å². The quantitative estimate of drug-likeness (QED) is 0.784. The maximum Gasteiger partial charge on any atom is 0.0366 e. The summed E-state index contributed by atoms with van der Waals surface area (Å²) in [5.41, 5.74) is 2.78. The highest BCUT2D eigenvalue weighted by Crippen LogP contribution is 2.20. The van der Waals surface area contributed by atoms with E-state index < -0.39 is 0 Å². The van der Waals surface area contributed by atoms with E-state index in [4.69, 9.17) is 0 Å². The summed E-state index contributed by atoms with van der Waals surface area (Å²) in [7, 11) is 0. The van der Waals surface area contributed by atoms with Crippen LogP contribution in [0.2, 0.25) is 0 Å². The van der Waals surface area contributed by atoms with Gasteiger partial charge in [0.05, 0.1) is 0 Å². The van der Waals surface area contributed by atoms with E-state index in [1.54, 1.807) is 0 Å². The van der Waals surface area contributed by atoms with Gasteiger partial charge in [-0.05, 0) is 49.9 Å². The van der Waals surface area contributed by atoms with Crippen LogP contribution < -0.4 is 10.2 Å². The van der Waals surface area contributed by atoms with E-state index in [-0.39, 0.29) is 0 Å². The van der Waals surface area contributed by atoms with Gasteiger partial charge in [0.1, 0.15) is 0 Å². The number of anilines is 1. The van der Waals surface area contributed by atoms with E-state index in [1.165, 1.54) is 50.0 Å². The van der Waals surface area contributed by atoms with Crippen molar-refractivity contribution in [3.05, 3.63) is 29.8 Å². The van der Waals surface area contributed by atoms with Crippen LogP contribution >= 0.6 is 0 Å². The first kappa shape index (κ1) is 12.4. The number of hydrogen-bond donors (Lipinski definition) is 1. The van der Waals surface area contributed by atoms with Gasteiger partial charge in [0.15, 0.2) is 0 Å². The molecule has 0 bridgehead atoms. The molecule has 2 nitrogen and oxygen atoms in total. The van der Waals surface area contributed by atoms with Gasteiger partial charge in [-0.25, -0.2) is 0 Å². The van der Waals surface area contributed by atoms with Crippen molar-refractivity contribution in [2.75, 3.05) is 24.5 Å². The van der Waals surface area contributed by atoms with Gasteiger partial charge in [0.25, 0.3) is 0 Å². The molecule has 0 aromatic heterocycles. The molecule has 2 rings (SSSR count). The number of nitrogens with zero attached hydrogens (tertiary/aromatic N) is 1. The first-order valence-electron chi connectivity index (χ1n) is 6.95. The van der Waals surface area contributed by atoms with Crippen LogP contribution in [0.25, 0.3) is 0 Å². The van der Waals surface area contributed by atoms with E-state index in [0.717, 1.165) is 13.1 Å². The Labute approximate surface area is 105 Å². The Kier molecular flexibility index (Phi) is 4.87. The normalized spacial score (nSPS) is 16.2. The van der Waals surface area contributed by atoms with E-state index in [0.29, 0.717) is 0 Å². The lowest BCUT2D eigenvalue weighted by Gasteiger charge is -2.28. The van der Waals surface area contributed by atoms with Crippen LogP contribution in [0.3, 0.4) is 0 Å². The summed E-state index contributed by atoms with van der Waals surface area (Å²) >= 11 is 0. The minimum atomic E-state index is 0.994. The minimum absolute atomic E-state index is 0.994. The molecule has 1 fully saturated rings. The molecule has 0 spiro atoms. The van der Waals surface area contributed by atoms with Crippen LogP contribution in [0.1, 0.15) is 38.2 Å². The summed E-state index contributed by atoms with van der Waals surface area (Å²) in [5.74, 6) is 0. The summed E-state index contributed by atoms with van der Waals surface area (Å²) < 4.78 is 0. The molecule has 0 radical (unpaired) electrons. The average Bonchev–Trinajstić information content (AvgIpc) is 2.41. The predicted octanol–water partition coefficient (Wildman–Crippen LogP) is 3.18. The van der Waals surface area contributed by atoms with Gasteiger partial charge in [-0.15, -0.1) is 0 Å². The van der Waals surface area contributed by atoms with Crippen LogP contribution in [0.15, 0.2) is 24.3 Å². The molecule has 0 saturated carbocycles. The van der Waals surface area contributed by atoms with Crippen LogP contribution in [-0.4, -0.2) is 19.6 Å². The lowest BCUT2D eigenvalue weighted by Crippen LogP contribution is -2.29. The van der Waals surface area contributed by atoms with Crippen molar-refractivity contribution >= 4 is 5.69 Å². The molecule has 0 atom stereocenters. The van der Waals surface area contributed by atoms with Gasteiger partial charge in [-0.1, -0.05) is 19.1 Å². The van der Waals surface area contributed by atoms with Gasteiger partial charge in [-0.3, -0.25) is 0 Å². The van der Waals surface area contributed by atoms with E-state index in [1.807, 2.05) is 0 Å². The number of rotatable bonds is 5. The third kappa shape index (κ3) is 3.74. The van der Waals surface area contributed by atoms with Gasteiger partial charge in [0, 0.05) is 25.3 Å². The Morgan fingerprint density at radius 3 is 2.41 bits per heavy atom. The standard InChI is InChI=1S/C15H24N2/c1-2-10-16-13-14-6-8-15(9-7-14)17-11-4-3-5-12-17/h6-9,16H,2-5,10-13H2,1H3. The molecule has 1 heterocycles. The SMILES string of the molecule is CCCNCc1ccc(N2CCCCC2)cc1. The van der Waals surface area contributed by atoms with E-state index in [9.17, 15) is 0 Å². The fourth-order valence-electron chi connectivity index (χ4n) is 2.39. The maximum atomic E-state index is 3.44. The molecule has 1 aliphatic rings. The zero-order valence-electron chi connectivity index (χ0n) is 10.9. The minimum Gasteiger partial charge on any atom is -0.372 e. The first-order valence-corrected chi connectivity index (χ1v) is 6.95. The van der Waals surface area contributed by atoms with Gasteiger partial charge in [0.2, 0.25) is 0 Å². The largest absolute Gasteiger partial charge is 0.372 e. The monoisotopic (exact) mass is 232 g/mol. The second-order valence-electron chi connectivity index (χ2n) is 4.89. The summed E-state index contributed by atoms with van der Waals surface area (Å²) in [6.07, 6.45) is 5.29. The highest BCUT2D eigenvalue weighted by molar-refractivity contribution is 5.47. The van der Waals surface area contributed by atoms with Crippen molar-refractivity contribution in [2.45, 2.75) is 39.2 Å². The van der Waals surface area contributed by atoms with E-state index >= 15 is 0 Å². The Morgan fingerprint density at radius 2 is 1.76 bits per heavy atom. The molecule has 17 heavy (non-hydrogen) atoms. The van der Waals surface area contributed by atoms with Crippen LogP contribution in [-0.2, 0) is 6.54 Å². The molecular formula is C15H24N2. The molecule has 1 aromatic carbocycles. The molecule has 1 saturated heterocycles. The highest BCUT2D eigenvalue weighted by atomic mass is 15.1. The van der Waals surface area contributed by atoms with Gasteiger partial charge in [-0.2, -0.15) is 0 Å². The molecule has 0 aliphatic carbocycles. The van der Waals surface area contributed by atoms with Gasteiger partial charge < -0.3 is 10.2 Å². The molecular weight excluding hydrogens is 208 g/mol. The second kappa shape index (κ2) is 6.65. The number of piperidine rings is 1. The molecule has 0 amide bonds. The number of hydrogen-bond acceptors (Lipinski definition) is 2. The third-order valence-electron chi connectivity index (χ3n) is 3.41. The van der Waals surface area contributed by atoms with Crippen molar-refractivity contribution in [3.8, 4) is 0 Å². The zero-order chi connectivity index (χ0) is 11.9. The second-order valence-corrected chi connectivity index (χ2v) is 4.89. The molecule has 1 N–H and O–H groups in total. The molecule has 0 unspecified atom stereocenters. The van der Waals surface area contributed by atoms with Crippen LogP contribution in [0.5, 0.6) is 0 Å². The Balaban J connectivity index is 1.88. The molecule has 2 heteroatoms. The van der Waals surface area contributed by atoms with Crippen molar-refractivity contribution in [2.24, 2.45) is 0 Å². The first-order chi connectivity index (χ1) is 8.40. The maximum absolute atomic E-state index is 3.44. The smallest absolute Gasteiger partial charge is 0.0366 e. The predicted molar refractivity (Wildman–Crippen MR) is 74.5 cm³/mol. The lowest BCUT2D eigenvalue weighted by atomic mass is 10.1. The summed E-state index contributed by atoms with van der Waals surface area (Å²) in [6, 6.07) is 9.06. The third-order valence-corrected chi connectivity index (χ3v) is 3.41. The zero-order valence-corrected chi connectivity index (χ0v) is 10.9. The van der Waals surface area contributed by atoms with Crippen molar-refractivity contribution in [3.63, 3.8) is 0 Å². The Hall–Kier alpha value is -1.02. The topological polar surface area (TPSA) is 15.3 Å². The van der Waals surface area contributed by atoms with Crippen molar-refractivity contribution in [1.82, 2.24) is 5.32 Å². The molecule has 1 aromatic rings. The van der Waals surface area contributed by atoms with Crippen LogP contribution in [0.4, 0.5) is 5.69 Å². The molecule has 94 valence electrons. The fraction of sp³-hybridized carbons (Fsp3) is 0.600. The highest BCUT2D eigenvalue weighted by Gasteiger charge is 2.10. The van der Waals surface area contributed by atoms with Crippen molar-refractivity contribution < 1.29 is 0 Å². The Bertz CT molecular complexity index is 312. The summed E-state index contributed by atoms with van der Waals surface area (Å²) in [5, 5.41) is 3.44. The number of nitrogens with one attached hydrogen (secondary N) is 1. The van der Waals surface area contributed by atoms with Crippen molar-refractivity contribution in [1.29, 1.82) is 0 Å². The van der Waals surface area contributed by atoms with Gasteiger partial charge >= 0.3 is 0 Å².